The van der Waals surface area contributed by atoms with Crippen LogP contribution in [0.1, 0.15) is 37.8 Å². The highest BCUT2D eigenvalue weighted by molar-refractivity contribution is 7.98. The summed E-state index contributed by atoms with van der Waals surface area (Å²) in [6.07, 6.45) is 0.963. The van der Waals surface area contributed by atoms with E-state index < -0.39 is 0 Å². The fourth-order valence-electron chi connectivity index (χ4n) is 1.83. The maximum atomic E-state index is 5.65. The van der Waals surface area contributed by atoms with Crippen molar-refractivity contribution in [3.63, 3.8) is 0 Å². The summed E-state index contributed by atoms with van der Waals surface area (Å²) in [5, 5.41) is 8.77. The first-order valence-electron chi connectivity index (χ1n) is 6.48. The third kappa shape index (κ3) is 4.36. The van der Waals surface area contributed by atoms with Crippen molar-refractivity contribution in [3.05, 3.63) is 41.8 Å². The zero-order valence-electron chi connectivity index (χ0n) is 11.4. The molecule has 0 saturated carbocycles. The standard InChI is InChI=1S/C14H19N3OS/c1-10(2)8-12(15)13-16-17-14(18-13)19-9-11-6-4-3-5-7-11/h3-7,10,12H,8-9,15H2,1-2H3/p+1/t12-/m0/s1. The maximum absolute atomic E-state index is 5.65. The second kappa shape index (κ2) is 6.73. The quantitative estimate of drug-likeness (QED) is 0.825. The molecule has 0 radical (unpaired) electrons. The van der Waals surface area contributed by atoms with Crippen LogP contribution in [0.15, 0.2) is 40.0 Å². The van der Waals surface area contributed by atoms with Gasteiger partial charge in [-0.15, -0.1) is 10.2 Å². The Morgan fingerprint density at radius 2 is 1.95 bits per heavy atom. The van der Waals surface area contributed by atoms with E-state index in [2.05, 4.69) is 41.9 Å². The largest absolute Gasteiger partial charge is 0.410 e. The van der Waals surface area contributed by atoms with E-state index in [1.54, 1.807) is 11.8 Å². The van der Waals surface area contributed by atoms with Gasteiger partial charge in [-0.05, 0) is 11.5 Å². The minimum Gasteiger partial charge on any atom is -0.410 e. The molecule has 2 aromatic rings. The van der Waals surface area contributed by atoms with Gasteiger partial charge in [0.15, 0.2) is 6.04 Å². The van der Waals surface area contributed by atoms with Crippen molar-refractivity contribution in [3.8, 4) is 0 Å². The molecule has 0 amide bonds. The van der Waals surface area contributed by atoms with E-state index in [1.807, 2.05) is 18.2 Å². The van der Waals surface area contributed by atoms with Crippen molar-refractivity contribution < 1.29 is 10.2 Å². The summed E-state index contributed by atoms with van der Waals surface area (Å²) in [4.78, 5) is 0. The molecular weight excluding hydrogens is 258 g/mol. The second-order valence-electron chi connectivity index (χ2n) is 5.01. The number of thioether (sulfide) groups is 1. The number of aromatic nitrogens is 2. The Balaban J connectivity index is 1.90. The lowest BCUT2D eigenvalue weighted by atomic mass is 10.1. The van der Waals surface area contributed by atoms with E-state index >= 15 is 0 Å². The topological polar surface area (TPSA) is 66.6 Å². The number of hydrogen-bond donors (Lipinski definition) is 1. The van der Waals surface area contributed by atoms with Gasteiger partial charge in [-0.1, -0.05) is 55.9 Å². The summed E-state index contributed by atoms with van der Waals surface area (Å²) in [5.74, 6) is 2.06. The van der Waals surface area contributed by atoms with Gasteiger partial charge < -0.3 is 10.2 Å². The van der Waals surface area contributed by atoms with Crippen molar-refractivity contribution in [2.45, 2.75) is 37.3 Å². The number of benzene rings is 1. The molecule has 0 fully saturated rings. The average Bonchev–Trinajstić information content (AvgIpc) is 2.86. The lowest BCUT2D eigenvalue weighted by Gasteiger charge is -2.05. The van der Waals surface area contributed by atoms with Gasteiger partial charge in [0, 0.05) is 12.2 Å². The van der Waals surface area contributed by atoms with Gasteiger partial charge in [0.05, 0.1) is 0 Å². The molecule has 19 heavy (non-hydrogen) atoms. The molecular formula is C14H20N3OS+. The highest BCUT2D eigenvalue weighted by Gasteiger charge is 2.19. The van der Waals surface area contributed by atoms with Gasteiger partial charge in [0.1, 0.15) is 0 Å². The summed E-state index contributed by atoms with van der Waals surface area (Å²) in [6, 6.07) is 10.3. The molecule has 1 aromatic carbocycles. The van der Waals surface area contributed by atoms with Crippen molar-refractivity contribution >= 4 is 11.8 Å². The molecule has 0 unspecified atom stereocenters. The molecule has 0 aliphatic rings. The van der Waals surface area contributed by atoms with Crippen LogP contribution < -0.4 is 5.73 Å². The molecule has 0 bridgehead atoms. The van der Waals surface area contributed by atoms with Gasteiger partial charge in [-0.3, -0.25) is 0 Å². The fraction of sp³-hybridized carbons (Fsp3) is 0.429. The van der Waals surface area contributed by atoms with Crippen molar-refractivity contribution in [1.82, 2.24) is 10.2 Å². The predicted molar refractivity (Wildman–Crippen MR) is 75.4 cm³/mol. The van der Waals surface area contributed by atoms with E-state index in [4.69, 9.17) is 4.42 Å². The Morgan fingerprint density at radius 3 is 2.63 bits per heavy atom. The van der Waals surface area contributed by atoms with Gasteiger partial charge in [-0.25, -0.2) is 0 Å². The minimum atomic E-state index is 0.0820. The number of nitrogens with zero attached hydrogens (tertiary/aromatic N) is 2. The van der Waals surface area contributed by atoms with Crippen LogP contribution in [0.4, 0.5) is 0 Å². The number of quaternary nitrogens is 1. The molecule has 1 heterocycles. The second-order valence-corrected chi connectivity index (χ2v) is 5.93. The summed E-state index contributed by atoms with van der Waals surface area (Å²) in [6.45, 7) is 4.33. The molecule has 2 rings (SSSR count). The SMILES string of the molecule is CC(C)C[C@H]([NH3+])c1nnc(SCc2ccccc2)o1. The van der Waals surface area contributed by atoms with Crippen LogP contribution in [-0.2, 0) is 5.75 Å². The van der Waals surface area contributed by atoms with Gasteiger partial charge >= 0.3 is 0 Å². The Labute approximate surface area is 117 Å². The molecule has 0 spiro atoms. The van der Waals surface area contributed by atoms with E-state index in [9.17, 15) is 0 Å². The van der Waals surface area contributed by atoms with E-state index in [-0.39, 0.29) is 6.04 Å². The third-order valence-electron chi connectivity index (χ3n) is 2.73. The Kier molecular flexibility index (Phi) is 4.99. The first-order valence-corrected chi connectivity index (χ1v) is 7.47. The van der Waals surface area contributed by atoms with Crippen LogP contribution in [0, 0.1) is 5.92 Å². The molecule has 0 aliphatic carbocycles. The Morgan fingerprint density at radius 1 is 1.21 bits per heavy atom. The normalized spacial score (nSPS) is 12.8. The van der Waals surface area contributed by atoms with Crippen LogP contribution >= 0.6 is 11.8 Å². The van der Waals surface area contributed by atoms with Crippen LogP contribution in [0.3, 0.4) is 0 Å². The zero-order valence-corrected chi connectivity index (χ0v) is 12.2. The minimum absolute atomic E-state index is 0.0820. The van der Waals surface area contributed by atoms with Crippen LogP contribution in [0.5, 0.6) is 0 Å². The van der Waals surface area contributed by atoms with Gasteiger partial charge in [-0.2, -0.15) is 0 Å². The van der Waals surface area contributed by atoms with Gasteiger partial charge in [0.25, 0.3) is 11.1 Å². The zero-order chi connectivity index (χ0) is 13.7. The van der Waals surface area contributed by atoms with E-state index in [1.165, 1.54) is 5.56 Å². The molecule has 3 N–H and O–H groups in total. The molecule has 1 aromatic heterocycles. The van der Waals surface area contributed by atoms with Crippen LogP contribution in [0.25, 0.3) is 0 Å². The smallest absolute Gasteiger partial charge is 0.277 e. The Bertz CT molecular complexity index is 498. The summed E-state index contributed by atoms with van der Waals surface area (Å²) < 4.78 is 5.65. The van der Waals surface area contributed by atoms with Gasteiger partial charge in [0.2, 0.25) is 0 Å². The molecule has 102 valence electrons. The molecule has 1 atom stereocenters. The predicted octanol–water partition coefficient (Wildman–Crippen LogP) is 2.69. The van der Waals surface area contributed by atoms with Crippen molar-refractivity contribution in [2.24, 2.45) is 5.92 Å². The van der Waals surface area contributed by atoms with Crippen LogP contribution in [-0.4, -0.2) is 10.2 Å². The summed E-state index contributed by atoms with van der Waals surface area (Å²) in [7, 11) is 0. The van der Waals surface area contributed by atoms with Crippen molar-refractivity contribution in [2.75, 3.05) is 0 Å². The lowest BCUT2D eigenvalue weighted by Crippen LogP contribution is -2.54. The lowest BCUT2D eigenvalue weighted by molar-refractivity contribution is -0.435. The first-order chi connectivity index (χ1) is 9.15. The number of hydrogen-bond acceptors (Lipinski definition) is 4. The molecule has 0 saturated heterocycles. The molecule has 0 aliphatic heterocycles. The van der Waals surface area contributed by atoms with Crippen molar-refractivity contribution in [1.29, 1.82) is 0 Å². The first kappa shape index (κ1) is 14.1. The summed E-state index contributed by atoms with van der Waals surface area (Å²) in [5.41, 5.74) is 5.33. The highest BCUT2D eigenvalue weighted by atomic mass is 32.2. The maximum Gasteiger partial charge on any atom is 0.277 e. The number of rotatable bonds is 6. The molecule has 4 nitrogen and oxygen atoms in total. The van der Waals surface area contributed by atoms with Crippen LogP contribution in [0.2, 0.25) is 0 Å². The molecule has 5 heteroatoms. The van der Waals surface area contributed by atoms with E-state index in [0.29, 0.717) is 17.0 Å². The highest BCUT2D eigenvalue weighted by Crippen LogP contribution is 2.24. The summed E-state index contributed by atoms with van der Waals surface area (Å²) >= 11 is 1.56. The monoisotopic (exact) mass is 278 g/mol. The third-order valence-corrected chi connectivity index (χ3v) is 3.62. The van der Waals surface area contributed by atoms with E-state index in [0.717, 1.165) is 12.2 Å². The Hall–Kier alpha value is -1.33. The average molecular weight is 278 g/mol. The fourth-order valence-corrected chi connectivity index (χ4v) is 2.56.